The van der Waals surface area contributed by atoms with Crippen molar-refractivity contribution in [1.82, 2.24) is 9.80 Å². The van der Waals surface area contributed by atoms with E-state index in [1.54, 1.807) is 23.8 Å². The quantitative estimate of drug-likeness (QED) is 0.645. The number of amides is 2. The number of likely N-dealkylation sites (N-methyl/N-ethyl adjacent to an activating group) is 1. The molecule has 7 heteroatoms. The van der Waals surface area contributed by atoms with Gasteiger partial charge in [0.1, 0.15) is 0 Å². The number of likely N-dealkylation sites (tertiary alicyclic amines) is 1. The molecule has 0 aliphatic carbocycles. The number of primary amides is 1. The van der Waals surface area contributed by atoms with Crippen LogP contribution in [0, 0.1) is 5.92 Å². The predicted molar refractivity (Wildman–Crippen MR) is 72.6 cm³/mol. The molecule has 7 nitrogen and oxygen atoms in total. The minimum atomic E-state index is -0.359. The van der Waals surface area contributed by atoms with Gasteiger partial charge >= 0.3 is 5.97 Å². The summed E-state index contributed by atoms with van der Waals surface area (Å²) in [5.74, 6) is -1.07. The Labute approximate surface area is 119 Å². The number of rotatable bonds is 6. The van der Waals surface area contributed by atoms with Crippen molar-refractivity contribution in [2.75, 3.05) is 39.8 Å². The van der Waals surface area contributed by atoms with Crippen molar-refractivity contribution in [3.63, 3.8) is 0 Å². The molecule has 2 amide bonds. The van der Waals surface area contributed by atoms with E-state index in [9.17, 15) is 14.4 Å². The van der Waals surface area contributed by atoms with Gasteiger partial charge in [0.15, 0.2) is 0 Å². The molecule has 1 aliphatic rings. The normalized spacial score (nSPS) is 18.9. The highest BCUT2D eigenvalue weighted by Gasteiger charge is 2.27. The van der Waals surface area contributed by atoms with Crippen LogP contribution in [0.15, 0.2) is 0 Å². The lowest BCUT2D eigenvalue weighted by atomic mass is 9.97. The summed E-state index contributed by atoms with van der Waals surface area (Å²) in [6, 6.07) is 0. The summed E-state index contributed by atoms with van der Waals surface area (Å²) in [6.07, 6.45) is 1.51. The minimum Gasteiger partial charge on any atom is -0.465 e. The van der Waals surface area contributed by atoms with Gasteiger partial charge in [-0.2, -0.15) is 0 Å². The average Bonchev–Trinajstić information content (AvgIpc) is 2.38. The molecular formula is C13H23N3O4. The topological polar surface area (TPSA) is 92.9 Å². The molecule has 0 saturated carbocycles. The zero-order valence-corrected chi connectivity index (χ0v) is 12.1. The van der Waals surface area contributed by atoms with Crippen molar-refractivity contribution >= 4 is 17.8 Å². The monoisotopic (exact) mass is 285 g/mol. The van der Waals surface area contributed by atoms with Gasteiger partial charge < -0.3 is 15.4 Å². The molecule has 0 aromatic rings. The lowest BCUT2D eigenvalue weighted by molar-refractivity contribution is -0.144. The van der Waals surface area contributed by atoms with E-state index in [4.69, 9.17) is 10.5 Å². The molecule has 1 rings (SSSR count). The molecule has 0 radical (unpaired) electrons. The first kappa shape index (κ1) is 16.4. The fourth-order valence-corrected chi connectivity index (χ4v) is 2.25. The van der Waals surface area contributed by atoms with Crippen molar-refractivity contribution in [3.05, 3.63) is 0 Å². The molecule has 1 fully saturated rings. The van der Waals surface area contributed by atoms with E-state index in [-0.39, 0.29) is 36.8 Å². The Kier molecular flexibility index (Phi) is 6.44. The summed E-state index contributed by atoms with van der Waals surface area (Å²) < 4.78 is 4.82. The van der Waals surface area contributed by atoms with Crippen LogP contribution in [0.25, 0.3) is 0 Å². The third kappa shape index (κ3) is 5.16. The Morgan fingerprint density at radius 1 is 1.35 bits per heavy atom. The second-order valence-electron chi connectivity index (χ2n) is 5.06. The van der Waals surface area contributed by atoms with Gasteiger partial charge in [-0.05, 0) is 26.8 Å². The first-order valence-corrected chi connectivity index (χ1v) is 6.85. The van der Waals surface area contributed by atoms with Crippen molar-refractivity contribution in [1.29, 1.82) is 0 Å². The average molecular weight is 285 g/mol. The fraction of sp³-hybridized carbons (Fsp3) is 0.769. The van der Waals surface area contributed by atoms with Gasteiger partial charge in [0.25, 0.3) is 0 Å². The summed E-state index contributed by atoms with van der Waals surface area (Å²) in [7, 11) is 1.68. The Hall–Kier alpha value is -1.63. The van der Waals surface area contributed by atoms with Crippen LogP contribution in [0.4, 0.5) is 0 Å². The molecule has 1 aliphatic heterocycles. The number of esters is 1. The van der Waals surface area contributed by atoms with Crippen molar-refractivity contribution in [3.8, 4) is 0 Å². The minimum absolute atomic E-state index is 0.0761. The Morgan fingerprint density at radius 3 is 2.65 bits per heavy atom. The van der Waals surface area contributed by atoms with E-state index < -0.39 is 0 Å². The van der Waals surface area contributed by atoms with Crippen LogP contribution in [-0.4, -0.2) is 67.4 Å². The Balaban J connectivity index is 2.41. The number of piperidine rings is 1. The highest BCUT2D eigenvalue weighted by atomic mass is 16.5. The maximum absolute atomic E-state index is 12.1. The first-order chi connectivity index (χ1) is 9.43. The number of nitrogens with two attached hydrogens (primary N) is 1. The SMILES string of the molecule is CCOC(=O)CN(C)CC(=O)N1CCCC(C(N)=O)C1. The van der Waals surface area contributed by atoms with Gasteiger partial charge in [-0.3, -0.25) is 19.3 Å². The Morgan fingerprint density at radius 2 is 2.05 bits per heavy atom. The number of carbonyl (C=O) groups is 3. The van der Waals surface area contributed by atoms with E-state index in [1.807, 2.05) is 0 Å². The van der Waals surface area contributed by atoms with Crippen molar-refractivity contribution < 1.29 is 19.1 Å². The molecule has 1 saturated heterocycles. The third-order valence-corrected chi connectivity index (χ3v) is 3.29. The van der Waals surface area contributed by atoms with Crippen LogP contribution in [0.1, 0.15) is 19.8 Å². The summed E-state index contributed by atoms with van der Waals surface area (Å²) in [4.78, 5) is 37.8. The molecule has 2 N–H and O–H groups in total. The van der Waals surface area contributed by atoms with E-state index >= 15 is 0 Å². The number of ether oxygens (including phenoxy) is 1. The van der Waals surface area contributed by atoms with Crippen molar-refractivity contribution in [2.24, 2.45) is 11.7 Å². The van der Waals surface area contributed by atoms with Crippen LogP contribution in [0.5, 0.6) is 0 Å². The van der Waals surface area contributed by atoms with E-state index in [1.165, 1.54) is 0 Å². The van der Waals surface area contributed by atoms with Gasteiger partial charge in [-0.25, -0.2) is 0 Å². The smallest absolute Gasteiger partial charge is 0.320 e. The second-order valence-corrected chi connectivity index (χ2v) is 5.06. The fourth-order valence-electron chi connectivity index (χ4n) is 2.25. The van der Waals surface area contributed by atoms with Crippen LogP contribution in [0.3, 0.4) is 0 Å². The molecule has 0 aromatic heterocycles. The second kappa shape index (κ2) is 7.84. The van der Waals surface area contributed by atoms with Crippen LogP contribution in [0.2, 0.25) is 0 Å². The lowest BCUT2D eigenvalue weighted by Gasteiger charge is -2.32. The molecular weight excluding hydrogens is 262 g/mol. The van der Waals surface area contributed by atoms with Crippen LogP contribution in [-0.2, 0) is 19.1 Å². The molecule has 20 heavy (non-hydrogen) atoms. The Bertz CT molecular complexity index is 373. The first-order valence-electron chi connectivity index (χ1n) is 6.85. The summed E-state index contributed by atoms with van der Waals surface area (Å²) >= 11 is 0. The highest BCUT2D eigenvalue weighted by molar-refractivity contribution is 5.81. The van der Waals surface area contributed by atoms with Gasteiger partial charge in [-0.15, -0.1) is 0 Å². The number of hydrogen-bond donors (Lipinski definition) is 1. The zero-order valence-electron chi connectivity index (χ0n) is 12.1. The molecule has 0 bridgehead atoms. The van der Waals surface area contributed by atoms with Crippen molar-refractivity contribution in [2.45, 2.75) is 19.8 Å². The molecule has 1 heterocycles. The predicted octanol–water partition coefficient (Wildman–Crippen LogP) is -0.795. The molecule has 0 aromatic carbocycles. The molecule has 114 valence electrons. The largest absolute Gasteiger partial charge is 0.465 e. The molecule has 0 spiro atoms. The molecule has 1 atom stereocenters. The van der Waals surface area contributed by atoms with Crippen LogP contribution < -0.4 is 5.73 Å². The molecule has 1 unspecified atom stereocenters. The highest BCUT2D eigenvalue weighted by Crippen LogP contribution is 2.16. The number of hydrogen-bond acceptors (Lipinski definition) is 5. The summed E-state index contributed by atoms with van der Waals surface area (Å²) in [6.45, 7) is 3.28. The van der Waals surface area contributed by atoms with Gasteiger partial charge in [-0.1, -0.05) is 0 Å². The standard InChI is InChI=1S/C13H23N3O4/c1-3-20-12(18)9-15(2)8-11(17)16-6-4-5-10(7-16)13(14)19/h10H,3-9H2,1-2H3,(H2,14,19). The van der Waals surface area contributed by atoms with E-state index in [2.05, 4.69) is 0 Å². The number of carbonyl (C=O) groups excluding carboxylic acids is 3. The van der Waals surface area contributed by atoms with Crippen LogP contribution >= 0.6 is 0 Å². The van der Waals surface area contributed by atoms with Gasteiger partial charge in [0, 0.05) is 13.1 Å². The third-order valence-electron chi connectivity index (χ3n) is 3.29. The maximum Gasteiger partial charge on any atom is 0.320 e. The summed E-state index contributed by atoms with van der Waals surface area (Å²) in [5.41, 5.74) is 5.28. The van der Waals surface area contributed by atoms with E-state index in [0.29, 0.717) is 19.7 Å². The lowest BCUT2D eigenvalue weighted by Crippen LogP contribution is -2.47. The van der Waals surface area contributed by atoms with E-state index in [0.717, 1.165) is 12.8 Å². The summed E-state index contributed by atoms with van der Waals surface area (Å²) in [5, 5.41) is 0. The number of nitrogens with zero attached hydrogens (tertiary/aromatic N) is 2. The van der Waals surface area contributed by atoms with Gasteiger partial charge in [0.05, 0.1) is 25.6 Å². The van der Waals surface area contributed by atoms with Gasteiger partial charge in [0.2, 0.25) is 11.8 Å². The zero-order chi connectivity index (χ0) is 15.1. The maximum atomic E-state index is 12.1.